The predicted molar refractivity (Wildman–Crippen MR) is 128 cm³/mol. The van der Waals surface area contributed by atoms with E-state index in [0.29, 0.717) is 0 Å². The molecule has 1 aliphatic carbocycles. The normalized spacial score (nSPS) is 33.8. The molecule has 2 aliphatic heterocycles. The van der Waals surface area contributed by atoms with Gasteiger partial charge in [0.15, 0.2) is 17.9 Å². The number of benzene rings is 2. The van der Waals surface area contributed by atoms with Gasteiger partial charge in [0.2, 0.25) is 6.29 Å². The highest BCUT2D eigenvalue weighted by molar-refractivity contribution is 6.29. The van der Waals surface area contributed by atoms with Crippen molar-refractivity contribution >= 4 is 11.6 Å². The third-order valence-corrected chi connectivity index (χ3v) is 7.20. The van der Waals surface area contributed by atoms with Gasteiger partial charge in [-0.25, -0.2) is 0 Å². The Balaban J connectivity index is 1.39. The van der Waals surface area contributed by atoms with E-state index in [1.54, 1.807) is 12.1 Å². The van der Waals surface area contributed by atoms with Crippen LogP contribution in [-0.4, -0.2) is 121 Å². The van der Waals surface area contributed by atoms with Crippen LogP contribution in [0.15, 0.2) is 30.3 Å². The van der Waals surface area contributed by atoms with Gasteiger partial charge in [-0.2, -0.15) is 0 Å². The number of hydrogen-bond donors (Lipinski definition) is 8. The molecule has 8 N–H and O–H groups in total. The van der Waals surface area contributed by atoms with Gasteiger partial charge in [-0.1, -0.05) is 24.3 Å². The van der Waals surface area contributed by atoms with E-state index in [2.05, 4.69) is 0 Å². The van der Waals surface area contributed by atoms with E-state index in [0.717, 1.165) is 6.07 Å². The van der Waals surface area contributed by atoms with Crippen molar-refractivity contribution < 1.29 is 69.4 Å². The fourth-order valence-corrected chi connectivity index (χ4v) is 4.90. The van der Waals surface area contributed by atoms with Crippen molar-refractivity contribution in [3.63, 3.8) is 0 Å². The Hall–Kier alpha value is -3.02. The molecule has 0 spiro atoms. The van der Waals surface area contributed by atoms with Crippen molar-refractivity contribution in [3.05, 3.63) is 58.1 Å². The number of fused-ring (bicyclic) bond motifs is 2. The zero-order valence-corrected chi connectivity index (χ0v) is 20.7. The summed E-state index contributed by atoms with van der Waals surface area (Å²) in [4.78, 5) is 26.2. The topological polar surface area (TPSA) is 233 Å². The van der Waals surface area contributed by atoms with Crippen molar-refractivity contribution in [2.45, 2.75) is 61.9 Å². The molecule has 5 rings (SSSR count). The minimum Gasteiger partial charge on any atom is -0.507 e. The Morgan fingerprint density at radius 2 is 1.48 bits per heavy atom. The third-order valence-electron chi connectivity index (χ3n) is 7.20. The van der Waals surface area contributed by atoms with Gasteiger partial charge in [0.1, 0.15) is 54.2 Å². The van der Waals surface area contributed by atoms with Crippen LogP contribution in [0, 0.1) is 0 Å². The first-order valence-corrected chi connectivity index (χ1v) is 12.4. The van der Waals surface area contributed by atoms with E-state index in [-0.39, 0.29) is 40.2 Å². The summed E-state index contributed by atoms with van der Waals surface area (Å²) in [5, 5.41) is 81.6. The maximum absolute atomic E-state index is 13.1. The minimum absolute atomic E-state index is 0.0768. The van der Waals surface area contributed by atoms with Crippen molar-refractivity contribution in [1.82, 2.24) is 0 Å². The first kappa shape index (κ1) is 28.5. The number of aliphatic hydroxyl groups excluding tert-OH is 7. The Morgan fingerprint density at radius 1 is 0.825 bits per heavy atom. The number of ketones is 2. The van der Waals surface area contributed by atoms with Crippen LogP contribution in [-0.2, 0) is 20.8 Å². The molecule has 2 saturated heterocycles. The zero-order chi connectivity index (χ0) is 28.9. The summed E-state index contributed by atoms with van der Waals surface area (Å²) in [6.45, 7) is -1.73. The first-order valence-electron chi connectivity index (χ1n) is 12.4. The molecule has 2 fully saturated rings. The molecular weight excluding hydrogens is 536 g/mol. The summed E-state index contributed by atoms with van der Waals surface area (Å²) < 4.78 is 21.7. The lowest BCUT2D eigenvalue weighted by Crippen LogP contribution is -2.61. The van der Waals surface area contributed by atoms with Gasteiger partial charge < -0.3 is 59.8 Å². The maximum Gasteiger partial charge on any atom is 0.229 e. The molecule has 14 nitrogen and oxygen atoms in total. The highest BCUT2D eigenvalue weighted by Crippen LogP contribution is 2.41. The first-order chi connectivity index (χ1) is 19.0. The molecule has 14 heteroatoms. The highest BCUT2D eigenvalue weighted by Gasteiger charge is 2.47. The van der Waals surface area contributed by atoms with Gasteiger partial charge in [-0.05, 0) is 6.07 Å². The fourth-order valence-electron chi connectivity index (χ4n) is 4.90. The molecular formula is C26H28O14. The second-order valence-electron chi connectivity index (χ2n) is 9.70. The van der Waals surface area contributed by atoms with E-state index in [4.69, 9.17) is 18.9 Å². The number of ether oxygens (including phenoxy) is 4. The van der Waals surface area contributed by atoms with Crippen molar-refractivity contribution in [1.29, 1.82) is 0 Å². The molecule has 2 aromatic rings. The molecule has 216 valence electrons. The third kappa shape index (κ3) is 4.77. The van der Waals surface area contributed by atoms with Crippen molar-refractivity contribution in [3.8, 4) is 11.5 Å². The molecule has 0 radical (unpaired) electrons. The summed E-state index contributed by atoms with van der Waals surface area (Å²) in [6, 6.07) is 7.11. The summed E-state index contributed by atoms with van der Waals surface area (Å²) in [5.74, 6) is -2.29. The van der Waals surface area contributed by atoms with Gasteiger partial charge in [0.05, 0.1) is 30.9 Å². The van der Waals surface area contributed by atoms with Gasteiger partial charge in [0, 0.05) is 16.7 Å². The van der Waals surface area contributed by atoms with Crippen LogP contribution in [0.25, 0.3) is 0 Å². The molecule has 2 heterocycles. The van der Waals surface area contributed by atoms with E-state index < -0.39 is 85.8 Å². The molecule has 2 aromatic carbocycles. The largest absolute Gasteiger partial charge is 0.507 e. The van der Waals surface area contributed by atoms with E-state index >= 15 is 0 Å². The molecule has 3 aliphatic rings. The van der Waals surface area contributed by atoms with Crippen LogP contribution in [0.5, 0.6) is 11.5 Å². The van der Waals surface area contributed by atoms with Crippen LogP contribution >= 0.6 is 0 Å². The number of phenols is 1. The van der Waals surface area contributed by atoms with Crippen molar-refractivity contribution in [2.24, 2.45) is 0 Å². The second kappa shape index (κ2) is 11.1. The van der Waals surface area contributed by atoms with Crippen LogP contribution < -0.4 is 4.74 Å². The average molecular weight is 564 g/mol. The number of aromatic hydroxyl groups is 1. The summed E-state index contributed by atoms with van der Waals surface area (Å²) in [5.41, 5.74) is -0.673. The lowest BCUT2D eigenvalue weighted by atomic mass is 9.82. The summed E-state index contributed by atoms with van der Waals surface area (Å²) in [7, 11) is 0. The fraction of sp³-hybridized carbons (Fsp3) is 0.462. The van der Waals surface area contributed by atoms with Gasteiger partial charge in [0.25, 0.3) is 0 Å². The average Bonchev–Trinajstić information content (AvgIpc) is 2.95. The number of aliphatic hydroxyl groups is 7. The molecule has 9 atom stereocenters. The molecule has 40 heavy (non-hydrogen) atoms. The maximum atomic E-state index is 13.1. The minimum atomic E-state index is -1.86. The number of carbonyl (C=O) groups excluding carboxylic acids is 2. The Labute approximate surface area is 226 Å². The predicted octanol–water partition coefficient (Wildman–Crippen LogP) is -2.70. The monoisotopic (exact) mass is 564 g/mol. The second-order valence-corrected chi connectivity index (χ2v) is 9.70. The van der Waals surface area contributed by atoms with E-state index in [9.17, 15) is 50.4 Å². The van der Waals surface area contributed by atoms with Gasteiger partial charge in [-0.15, -0.1) is 0 Å². The lowest BCUT2D eigenvalue weighted by molar-refractivity contribution is -0.307. The van der Waals surface area contributed by atoms with Gasteiger partial charge >= 0.3 is 0 Å². The van der Waals surface area contributed by atoms with E-state index in [1.165, 1.54) is 12.1 Å². The van der Waals surface area contributed by atoms with Gasteiger partial charge in [-0.3, -0.25) is 9.59 Å². The SMILES string of the molecule is O=C1c2ccccc2C(=O)c2c1cc(O[C@H]1O[C@H](CO[C@H]3OC[C@@H](O)[C@H](O)[C@H]3O)[C@@H](O)[C@H](O)[C@H]1O)c(CO)c2O. The zero-order valence-electron chi connectivity index (χ0n) is 20.7. The summed E-state index contributed by atoms with van der Waals surface area (Å²) >= 11 is 0. The summed E-state index contributed by atoms with van der Waals surface area (Å²) in [6.07, 6.45) is -14.5. The van der Waals surface area contributed by atoms with Crippen LogP contribution in [0.1, 0.15) is 37.4 Å². The standard InChI is InChI=1S/C26H28O14/c27-6-12-14(5-11-16(19(12)31)18(30)10-4-2-1-3-9(10)17(11)29)39-26-24(36)22(34)21(33)15(40-26)8-38-25-23(35)20(32)13(28)7-37-25/h1-5,13,15,20-28,31-36H,6-8H2/t13-,15-,20+,21-,22+,23-,24-,25-,26+/m1/s1. The smallest absolute Gasteiger partial charge is 0.229 e. The molecule has 0 amide bonds. The highest BCUT2D eigenvalue weighted by atomic mass is 16.7. The number of carbonyl (C=O) groups is 2. The molecule has 0 saturated carbocycles. The van der Waals surface area contributed by atoms with Crippen molar-refractivity contribution in [2.75, 3.05) is 13.2 Å². The Kier molecular flexibility index (Phi) is 7.91. The number of hydrogen-bond acceptors (Lipinski definition) is 14. The van der Waals surface area contributed by atoms with E-state index in [1.807, 2.05) is 0 Å². The lowest BCUT2D eigenvalue weighted by Gasteiger charge is -2.41. The van der Waals surface area contributed by atoms with Crippen LogP contribution in [0.3, 0.4) is 0 Å². The Morgan fingerprint density at radius 3 is 2.15 bits per heavy atom. The number of rotatable bonds is 6. The molecule has 0 bridgehead atoms. The molecule has 0 unspecified atom stereocenters. The van der Waals surface area contributed by atoms with Crippen LogP contribution in [0.4, 0.5) is 0 Å². The Bertz CT molecular complexity index is 1300. The quantitative estimate of drug-likeness (QED) is 0.152. The van der Waals surface area contributed by atoms with Crippen LogP contribution in [0.2, 0.25) is 0 Å². The molecule has 0 aromatic heterocycles.